The van der Waals surface area contributed by atoms with Crippen molar-refractivity contribution in [2.24, 2.45) is 0 Å². The number of allylic oxidation sites excluding steroid dienone is 1. The number of methoxy groups -OCH3 is 1. The first-order valence-corrected chi connectivity index (χ1v) is 9.15. The Kier molecular flexibility index (Phi) is 6.54. The molecule has 1 heterocycles. The fraction of sp³-hybridized carbons (Fsp3) is 0.130. The van der Waals surface area contributed by atoms with Crippen LogP contribution in [-0.4, -0.2) is 22.8 Å². The van der Waals surface area contributed by atoms with Crippen molar-refractivity contribution in [3.05, 3.63) is 99.4 Å². The first kappa shape index (κ1) is 20.7. The van der Waals surface area contributed by atoms with Crippen LogP contribution >= 0.6 is 0 Å². The highest BCUT2D eigenvalue weighted by atomic mass is 16.6. The predicted molar refractivity (Wildman–Crippen MR) is 113 cm³/mol. The second-order valence-corrected chi connectivity index (χ2v) is 6.53. The lowest BCUT2D eigenvalue weighted by Crippen LogP contribution is -2.02. The largest absolute Gasteiger partial charge is 0.496 e. The minimum absolute atomic E-state index is 0.0747. The standard InChI is InChI=1S/C23H20N2O5/c1-16-5-9-23(20(12-16)25(27)28)30-15-19-13-17(7-10-22(19)29-2)6-8-21(26)18-4-3-11-24-14-18/h3-14H,15H2,1-2H3/b8-6+. The number of hydrogen-bond donors (Lipinski definition) is 0. The molecule has 2 aromatic carbocycles. The summed E-state index contributed by atoms with van der Waals surface area (Å²) in [6.45, 7) is 1.85. The van der Waals surface area contributed by atoms with Gasteiger partial charge in [0.15, 0.2) is 11.5 Å². The van der Waals surface area contributed by atoms with E-state index in [4.69, 9.17) is 9.47 Å². The molecule has 0 N–H and O–H groups in total. The smallest absolute Gasteiger partial charge is 0.311 e. The first-order valence-electron chi connectivity index (χ1n) is 9.15. The molecule has 1 aromatic heterocycles. The first-order chi connectivity index (χ1) is 14.5. The number of ketones is 1. The Bertz CT molecular complexity index is 1090. The van der Waals surface area contributed by atoms with Gasteiger partial charge in [-0.1, -0.05) is 18.2 Å². The molecule has 0 aliphatic rings. The van der Waals surface area contributed by atoms with Crippen LogP contribution in [0.3, 0.4) is 0 Å². The molecule has 0 bridgehead atoms. The van der Waals surface area contributed by atoms with Crippen molar-refractivity contribution >= 4 is 17.5 Å². The SMILES string of the molecule is COc1ccc(/C=C/C(=O)c2cccnc2)cc1COc1ccc(C)cc1[N+](=O)[O-]. The highest BCUT2D eigenvalue weighted by Crippen LogP contribution is 2.30. The average Bonchev–Trinajstić information content (AvgIpc) is 2.77. The number of benzene rings is 2. The van der Waals surface area contributed by atoms with Crippen molar-refractivity contribution in [2.75, 3.05) is 7.11 Å². The van der Waals surface area contributed by atoms with E-state index in [1.807, 2.05) is 12.1 Å². The Morgan fingerprint density at radius 3 is 2.67 bits per heavy atom. The molecule has 0 aliphatic carbocycles. The topological polar surface area (TPSA) is 91.6 Å². The van der Waals surface area contributed by atoms with Gasteiger partial charge in [0.1, 0.15) is 12.4 Å². The Labute approximate surface area is 173 Å². The van der Waals surface area contributed by atoms with E-state index in [1.165, 1.54) is 25.4 Å². The Balaban J connectivity index is 1.79. The van der Waals surface area contributed by atoms with E-state index in [-0.39, 0.29) is 23.8 Å². The fourth-order valence-corrected chi connectivity index (χ4v) is 2.84. The number of aryl methyl sites for hydroxylation is 1. The predicted octanol–water partition coefficient (Wildman–Crippen LogP) is 4.78. The van der Waals surface area contributed by atoms with E-state index in [0.717, 1.165) is 11.1 Å². The van der Waals surface area contributed by atoms with Crippen molar-refractivity contribution in [3.63, 3.8) is 0 Å². The van der Waals surface area contributed by atoms with Crippen LogP contribution < -0.4 is 9.47 Å². The summed E-state index contributed by atoms with van der Waals surface area (Å²) in [7, 11) is 1.54. The normalized spacial score (nSPS) is 10.7. The van der Waals surface area contributed by atoms with Gasteiger partial charge < -0.3 is 9.47 Å². The molecule has 152 valence electrons. The number of nitro groups is 1. The summed E-state index contributed by atoms with van der Waals surface area (Å²) in [6.07, 6.45) is 6.27. The molecular weight excluding hydrogens is 384 g/mol. The van der Waals surface area contributed by atoms with Gasteiger partial charge >= 0.3 is 5.69 Å². The molecule has 0 amide bonds. The molecule has 3 rings (SSSR count). The van der Waals surface area contributed by atoms with Crippen LogP contribution in [0.15, 0.2) is 67.0 Å². The quantitative estimate of drug-likeness (QED) is 0.232. The summed E-state index contributed by atoms with van der Waals surface area (Å²) in [6, 6.07) is 13.6. The second kappa shape index (κ2) is 9.47. The zero-order chi connectivity index (χ0) is 21.5. The maximum atomic E-state index is 12.2. The zero-order valence-corrected chi connectivity index (χ0v) is 16.6. The van der Waals surface area contributed by atoms with Crippen LogP contribution in [0.4, 0.5) is 5.69 Å². The Hall–Kier alpha value is -4.00. The van der Waals surface area contributed by atoms with Gasteiger partial charge in [0.05, 0.1) is 12.0 Å². The molecule has 30 heavy (non-hydrogen) atoms. The maximum absolute atomic E-state index is 12.2. The average molecular weight is 404 g/mol. The van der Waals surface area contributed by atoms with Crippen LogP contribution in [0.1, 0.15) is 27.0 Å². The van der Waals surface area contributed by atoms with Gasteiger partial charge in [-0.25, -0.2) is 0 Å². The van der Waals surface area contributed by atoms with Crippen LogP contribution in [0, 0.1) is 17.0 Å². The van der Waals surface area contributed by atoms with Crippen LogP contribution in [-0.2, 0) is 6.61 Å². The van der Waals surface area contributed by atoms with Gasteiger partial charge in [-0.05, 0) is 54.5 Å². The van der Waals surface area contributed by atoms with Crippen LogP contribution in [0.5, 0.6) is 11.5 Å². The van der Waals surface area contributed by atoms with Gasteiger partial charge in [-0.3, -0.25) is 19.9 Å². The lowest BCUT2D eigenvalue weighted by atomic mass is 10.1. The zero-order valence-electron chi connectivity index (χ0n) is 16.6. The molecule has 0 saturated heterocycles. The van der Waals surface area contributed by atoms with Gasteiger partial charge in [-0.2, -0.15) is 0 Å². The molecule has 0 atom stereocenters. The second-order valence-electron chi connectivity index (χ2n) is 6.53. The highest BCUT2D eigenvalue weighted by molar-refractivity contribution is 6.06. The van der Waals surface area contributed by atoms with Gasteiger partial charge in [0, 0.05) is 29.6 Å². The minimum Gasteiger partial charge on any atom is -0.496 e. The van der Waals surface area contributed by atoms with E-state index < -0.39 is 4.92 Å². The number of nitro benzene ring substituents is 1. The van der Waals surface area contributed by atoms with Crippen LogP contribution in [0.25, 0.3) is 6.08 Å². The number of nitrogens with zero attached hydrogens (tertiary/aromatic N) is 2. The van der Waals surface area contributed by atoms with Gasteiger partial charge in [0.25, 0.3) is 0 Å². The van der Waals surface area contributed by atoms with Crippen molar-refractivity contribution in [2.45, 2.75) is 13.5 Å². The van der Waals surface area contributed by atoms with Gasteiger partial charge in [-0.15, -0.1) is 0 Å². The van der Waals surface area contributed by atoms with Crippen molar-refractivity contribution in [3.8, 4) is 11.5 Å². The third-order valence-electron chi connectivity index (χ3n) is 4.37. The summed E-state index contributed by atoms with van der Waals surface area (Å²) in [4.78, 5) is 27.0. The number of carbonyl (C=O) groups is 1. The molecular formula is C23H20N2O5. The van der Waals surface area contributed by atoms with Crippen molar-refractivity contribution in [1.29, 1.82) is 0 Å². The molecule has 0 fully saturated rings. The van der Waals surface area contributed by atoms with E-state index >= 15 is 0 Å². The summed E-state index contributed by atoms with van der Waals surface area (Å²) in [5, 5.41) is 11.3. The van der Waals surface area contributed by atoms with E-state index in [0.29, 0.717) is 16.9 Å². The molecule has 3 aromatic rings. The molecule has 7 heteroatoms. The number of pyridine rings is 1. The number of rotatable bonds is 8. The van der Waals surface area contributed by atoms with Crippen molar-refractivity contribution in [1.82, 2.24) is 4.98 Å². The summed E-state index contributed by atoms with van der Waals surface area (Å²) < 4.78 is 11.1. The number of hydrogen-bond acceptors (Lipinski definition) is 6. The molecule has 0 aliphatic heterocycles. The number of aromatic nitrogens is 1. The maximum Gasteiger partial charge on any atom is 0.311 e. The van der Waals surface area contributed by atoms with E-state index in [2.05, 4.69) is 4.98 Å². The fourth-order valence-electron chi connectivity index (χ4n) is 2.84. The highest BCUT2D eigenvalue weighted by Gasteiger charge is 2.16. The third-order valence-corrected chi connectivity index (χ3v) is 4.37. The Morgan fingerprint density at radius 2 is 1.97 bits per heavy atom. The third kappa shape index (κ3) is 5.08. The molecule has 0 radical (unpaired) electrons. The molecule has 0 saturated carbocycles. The minimum atomic E-state index is -0.469. The van der Waals surface area contributed by atoms with E-state index in [1.54, 1.807) is 49.5 Å². The lowest BCUT2D eigenvalue weighted by molar-refractivity contribution is -0.386. The monoisotopic (exact) mass is 404 g/mol. The number of ether oxygens (including phenoxy) is 2. The molecule has 0 unspecified atom stereocenters. The molecule has 7 nitrogen and oxygen atoms in total. The van der Waals surface area contributed by atoms with Crippen molar-refractivity contribution < 1.29 is 19.2 Å². The lowest BCUT2D eigenvalue weighted by Gasteiger charge is -2.12. The summed E-state index contributed by atoms with van der Waals surface area (Å²) in [5.74, 6) is 0.604. The summed E-state index contributed by atoms with van der Waals surface area (Å²) in [5.41, 5.74) is 2.65. The van der Waals surface area contributed by atoms with Gasteiger partial charge in [0.2, 0.25) is 0 Å². The molecule has 0 spiro atoms. The number of carbonyl (C=O) groups excluding carboxylic acids is 1. The van der Waals surface area contributed by atoms with Crippen LogP contribution in [0.2, 0.25) is 0 Å². The summed E-state index contributed by atoms with van der Waals surface area (Å²) >= 11 is 0. The Morgan fingerprint density at radius 1 is 1.17 bits per heavy atom. The van der Waals surface area contributed by atoms with E-state index in [9.17, 15) is 14.9 Å².